The van der Waals surface area contributed by atoms with Crippen LogP contribution in [0, 0.1) is 14.4 Å². The van der Waals surface area contributed by atoms with Gasteiger partial charge in [0.05, 0.1) is 0 Å². The second-order valence-electron chi connectivity index (χ2n) is 2.19. The molecule has 0 heterocycles. The zero-order valence-corrected chi connectivity index (χ0v) is 9.99. The third-order valence-electron chi connectivity index (χ3n) is 1.28. The molecule has 0 radical (unpaired) electrons. The molecule has 0 aromatic heterocycles. The van der Waals surface area contributed by atoms with Gasteiger partial charge in [0, 0.05) is 5.56 Å². The van der Waals surface area contributed by atoms with Crippen molar-refractivity contribution in [3.05, 3.63) is 49.7 Å². The zero-order chi connectivity index (χ0) is 8.48. The fourth-order valence-electron chi connectivity index (χ4n) is 0.694. The van der Waals surface area contributed by atoms with Gasteiger partial charge in [-0.05, 0) is 0 Å². The second-order valence-corrected chi connectivity index (χ2v) is 2.19. The minimum Gasteiger partial charge on any atom is -0.358 e. The Morgan fingerprint density at radius 2 is 1.38 bits per heavy atom. The molecule has 0 aliphatic carbocycles. The van der Waals surface area contributed by atoms with Crippen molar-refractivity contribution in [2.24, 2.45) is 0 Å². The number of halogens is 3. The molecule has 0 bridgehead atoms. The Hall–Kier alpha value is -0.432. The number of hydrogen-bond donors (Lipinski definition) is 0. The van der Waals surface area contributed by atoms with E-state index in [2.05, 4.69) is 6.92 Å². The fourth-order valence-corrected chi connectivity index (χ4v) is 0.694. The molecule has 0 fully saturated rings. The first-order chi connectivity index (χ1) is 5.00. The molecule has 72 valence electrons. The van der Waals surface area contributed by atoms with E-state index in [1.54, 1.807) is 0 Å². The van der Waals surface area contributed by atoms with E-state index in [9.17, 15) is 13.2 Å². The van der Waals surface area contributed by atoms with E-state index in [0.717, 1.165) is 12.1 Å². The van der Waals surface area contributed by atoms with Gasteiger partial charge in [-0.3, -0.25) is 0 Å². The van der Waals surface area contributed by atoms with Crippen LogP contribution in [-0.4, -0.2) is 0 Å². The largest absolute Gasteiger partial charge is 2.00 e. The van der Waals surface area contributed by atoms with E-state index in [1.165, 1.54) is 12.1 Å². The molecule has 0 spiro atoms. The van der Waals surface area contributed by atoms with E-state index in [1.807, 2.05) is 0 Å². The summed E-state index contributed by atoms with van der Waals surface area (Å²) in [6, 6.07) is 4.70. The molecule has 4 heteroatoms. The molecule has 1 rings (SSSR count). The van der Waals surface area contributed by atoms with Gasteiger partial charge >= 0.3 is 27.2 Å². The van der Waals surface area contributed by atoms with Gasteiger partial charge in [-0.1, -0.05) is 0 Å². The van der Waals surface area contributed by atoms with Crippen molar-refractivity contribution in [2.45, 2.75) is 6.18 Å². The van der Waals surface area contributed by atoms with Gasteiger partial charge in [0.1, 0.15) is 0 Å². The van der Waals surface area contributed by atoms with Crippen molar-refractivity contribution < 1.29 is 34.2 Å². The van der Waals surface area contributed by atoms with E-state index >= 15 is 0 Å². The minimum absolute atomic E-state index is 0. The maximum absolute atomic E-state index is 11.9. The summed E-state index contributed by atoms with van der Waals surface area (Å²) in [6.45, 7) is 3.48. The summed E-state index contributed by atoms with van der Waals surface area (Å²) in [6.07, 6.45) is -4.24. The normalized spacial score (nSPS) is 9.77. The van der Waals surface area contributed by atoms with Crippen molar-refractivity contribution in [3.63, 3.8) is 0 Å². The van der Waals surface area contributed by atoms with Crippen LogP contribution >= 0.6 is 0 Å². The van der Waals surface area contributed by atoms with Gasteiger partial charge in [0.15, 0.2) is 0 Å². The Morgan fingerprint density at radius 3 is 1.69 bits per heavy atom. The van der Waals surface area contributed by atoms with E-state index in [-0.39, 0.29) is 28.5 Å². The van der Waals surface area contributed by atoms with Crippen LogP contribution in [-0.2, 0) is 27.2 Å². The first-order valence-corrected chi connectivity index (χ1v) is 2.99. The average Bonchev–Trinajstić information content (AvgIpc) is 1.86. The summed E-state index contributed by atoms with van der Waals surface area (Å²) < 4.78 is 35.7. The topological polar surface area (TPSA) is 0 Å². The summed E-state index contributed by atoms with van der Waals surface area (Å²) >= 11 is 0. The molecule has 0 saturated carbocycles. The zero-order valence-electron chi connectivity index (χ0n) is 7.06. The number of alkyl halides is 3. The summed E-state index contributed by atoms with van der Waals surface area (Å²) in [7, 11) is 0. The van der Waals surface area contributed by atoms with Gasteiger partial charge in [-0.25, -0.2) is 0 Å². The quantitative estimate of drug-likeness (QED) is 0.625. The minimum atomic E-state index is -4.24. The summed E-state index contributed by atoms with van der Waals surface area (Å²) in [5, 5.41) is 0. The van der Waals surface area contributed by atoms with Crippen molar-refractivity contribution >= 4 is 0 Å². The fraction of sp³-hybridized carbons (Fsp3) is 0.111. The molecular formula is C9H9F3W. The number of hydrogen-bond acceptors (Lipinski definition) is 0. The van der Waals surface area contributed by atoms with Gasteiger partial charge in [0.2, 0.25) is 0 Å². The standard InChI is InChI=1S/C8H6F3.CH3.W/c1-6-2-4-7(5-3-6)8(9,10)11;;/h2-5H,1H2;1H3;/q2*-1;+2. The van der Waals surface area contributed by atoms with E-state index in [0.29, 0.717) is 5.56 Å². The van der Waals surface area contributed by atoms with Gasteiger partial charge in [-0.2, -0.15) is 37.8 Å². The third kappa shape index (κ3) is 4.37. The van der Waals surface area contributed by atoms with Crippen LogP contribution < -0.4 is 0 Å². The molecular weight excluding hydrogens is 349 g/mol. The van der Waals surface area contributed by atoms with Gasteiger partial charge < -0.3 is 7.43 Å². The molecule has 0 N–H and O–H groups in total. The number of benzene rings is 1. The average molecular weight is 358 g/mol. The maximum atomic E-state index is 11.9. The van der Waals surface area contributed by atoms with E-state index < -0.39 is 11.7 Å². The predicted octanol–water partition coefficient (Wildman–Crippen LogP) is 3.34. The first kappa shape index (κ1) is 15.1. The van der Waals surface area contributed by atoms with Gasteiger partial charge in [0.25, 0.3) is 0 Å². The SMILES string of the molecule is [CH2-]c1ccc(C(F)(F)F)cc1.[CH3-].[W+2]. The Bertz CT molecular complexity index is 238. The van der Waals surface area contributed by atoms with Crippen molar-refractivity contribution in [1.29, 1.82) is 0 Å². The maximum Gasteiger partial charge on any atom is 2.00 e. The van der Waals surface area contributed by atoms with Crippen LogP contribution in [0.1, 0.15) is 11.1 Å². The van der Waals surface area contributed by atoms with Crippen LogP contribution in [0.25, 0.3) is 0 Å². The molecule has 1 aromatic carbocycles. The molecule has 1 aromatic rings. The monoisotopic (exact) mass is 358 g/mol. The van der Waals surface area contributed by atoms with E-state index in [4.69, 9.17) is 0 Å². The Balaban J connectivity index is 0. The molecule has 0 saturated heterocycles. The first-order valence-electron chi connectivity index (χ1n) is 2.99. The Kier molecular flexibility index (Phi) is 6.18. The Labute approximate surface area is 90.4 Å². The molecule has 0 aliphatic rings. The van der Waals surface area contributed by atoms with Crippen molar-refractivity contribution in [1.82, 2.24) is 0 Å². The molecule has 0 atom stereocenters. The molecule has 0 nitrogen and oxygen atoms in total. The van der Waals surface area contributed by atoms with Crippen LogP contribution in [0.3, 0.4) is 0 Å². The molecule has 0 unspecified atom stereocenters. The number of rotatable bonds is 0. The van der Waals surface area contributed by atoms with Crippen LogP contribution in [0.5, 0.6) is 0 Å². The van der Waals surface area contributed by atoms with Gasteiger partial charge in [-0.15, -0.1) is 12.1 Å². The smallest absolute Gasteiger partial charge is 0.358 e. The molecule has 13 heavy (non-hydrogen) atoms. The van der Waals surface area contributed by atoms with Crippen molar-refractivity contribution in [2.75, 3.05) is 0 Å². The van der Waals surface area contributed by atoms with Crippen molar-refractivity contribution in [3.8, 4) is 0 Å². The summed E-state index contributed by atoms with van der Waals surface area (Å²) in [5.74, 6) is 0. The summed E-state index contributed by atoms with van der Waals surface area (Å²) in [5.41, 5.74) is -0.0529. The second kappa shape index (κ2) is 5.33. The Morgan fingerprint density at radius 1 is 1.00 bits per heavy atom. The molecule has 0 aliphatic heterocycles. The van der Waals surface area contributed by atoms with Crippen LogP contribution in [0.2, 0.25) is 0 Å². The van der Waals surface area contributed by atoms with Crippen LogP contribution in [0.4, 0.5) is 13.2 Å². The predicted molar refractivity (Wildman–Crippen MR) is 42.3 cm³/mol. The summed E-state index contributed by atoms with van der Waals surface area (Å²) in [4.78, 5) is 0. The molecule has 0 amide bonds. The van der Waals surface area contributed by atoms with Crippen LogP contribution in [0.15, 0.2) is 24.3 Å². The third-order valence-corrected chi connectivity index (χ3v) is 1.28.